The van der Waals surface area contributed by atoms with Crippen molar-refractivity contribution in [1.29, 1.82) is 0 Å². The second-order valence-corrected chi connectivity index (χ2v) is 7.68. The molecule has 1 saturated heterocycles. The zero-order valence-electron chi connectivity index (χ0n) is 16.8. The molecule has 7 nitrogen and oxygen atoms in total. The minimum atomic E-state index is -0.320. The van der Waals surface area contributed by atoms with E-state index in [-0.39, 0.29) is 22.9 Å². The van der Waals surface area contributed by atoms with Gasteiger partial charge in [-0.05, 0) is 56.0 Å². The average Bonchev–Trinajstić information content (AvgIpc) is 3.19. The van der Waals surface area contributed by atoms with Gasteiger partial charge < -0.3 is 14.5 Å². The number of H-pyrrole nitrogens is 1. The number of aromatic nitrogens is 4. The lowest BCUT2D eigenvalue weighted by Crippen LogP contribution is -2.41. The first kappa shape index (κ1) is 19.1. The van der Waals surface area contributed by atoms with Crippen LogP contribution in [0.15, 0.2) is 47.8 Å². The Bertz CT molecular complexity index is 1070. The molecular formula is C22H25N5O2. The highest BCUT2D eigenvalue weighted by Crippen LogP contribution is 2.27. The van der Waals surface area contributed by atoms with Crippen LogP contribution in [0.1, 0.15) is 51.8 Å². The number of aromatic amines is 1. The maximum Gasteiger partial charge on any atom is 0.261 e. The van der Waals surface area contributed by atoms with Gasteiger partial charge in [-0.2, -0.15) is 0 Å². The Balaban J connectivity index is 1.54. The molecule has 1 aliphatic rings. The second kappa shape index (κ2) is 8.03. The Hall–Kier alpha value is -3.22. The number of carbonyl (C=O) groups is 1. The van der Waals surface area contributed by atoms with Gasteiger partial charge in [-0.15, -0.1) is 0 Å². The largest absolute Gasteiger partial charge is 0.338 e. The van der Waals surface area contributed by atoms with E-state index in [0.29, 0.717) is 13.1 Å². The number of hydrogen-bond acceptors (Lipinski definition) is 4. The summed E-state index contributed by atoms with van der Waals surface area (Å²) in [4.78, 5) is 38.6. The van der Waals surface area contributed by atoms with E-state index in [1.54, 1.807) is 23.4 Å². The first-order valence-corrected chi connectivity index (χ1v) is 9.92. The Morgan fingerprint density at radius 2 is 2.03 bits per heavy atom. The van der Waals surface area contributed by atoms with Crippen LogP contribution in [0.25, 0.3) is 0 Å². The van der Waals surface area contributed by atoms with E-state index in [0.717, 1.165) is 42.0 Å². The predicted molar refractivity (Wildman–Crippen MR) is 110 cm³/mol. The predicted octanol–water partition coefficient (Wildman–Crippen LogP) is 2.65. The van der Waals surface area contributed by atoms with Crippen LogP contribution in [-0.2, 0) is 6.54 Å². The molecule has 4 rings (SSSR count). The van der Waals surface area contributed by atoms with Gasteiger partial charge in [0.1, 0.15) is 11.4 Å². The lowest BCUT2D eigenvalue weighted by molar-refractivity contribution is 0.0701. The molecule has 3 aromatic rings. The molecule has 7 heteroatoms. The fourth-order valence-electron chi connectivity index (χ4n) is 3.93. The van der Waals surface area contributed by atoms with Crippen molar-refractivity contribution in [2.45, 2.75) is 39.2 Å². The number of rotatable bonds is 4. The fourth-order valence-corrected chi connectivity index (χ4v) is 3.93. The third-order valence-electron chi connectivity index (χ3n) is 5.65. The normalized spacial score (nSPS) is 16.8. The van der Waals surface area contributed by atoms with Crippen molar-refractivity contribution in [1.82, 2.24) is 24.4 Å². The highest BCUT2D eigenvalue weighted by molar-refractivity contribution is 5.94. The van der Waals surface area contributed by atoms with Gasteiger partial charge in [-0.1, -0.05) is 0 Å². The van der Waals surface area contributed by atoms with Gasteiger partial charge in [-0.3, -0.25) is 14.6 Å². The minimum absolute atomic E-state index is 0.148. The van der Waals surface area contributed by atoms with Crippen LogP contribution in [0.4, 0.5) is 0 Å². The van der Waals surface area contributed by atoms with Crippen LogP contribution in [0, 0.1) is 13.8 Å². The molecule has 0 spiro atoms. The second-order valence-electron chi connectivity index (χ2n) is 7.68. The molecule has 1 amide bonds. The van der Waals surface area contributed by atoms with E-state index in [4.69, 9.17) is 0 Å². The molecule has 3 aromatic heterocycles. The molecule has 29 heavy (non-hydrogen) atoms. The Labute approximate surface area is 169 Å². The summed E-state index contributed by atoms with van der Waals surface area (Å²) in [5.74, 6) is 0.926. The summed E-state index contributed by atoms with van der Waals surface area (Å²) in [6, 6.07) is 5.68. The Morgan fingerprint density at radius 3 is 2.83 bits per heavy atom. The lowest BCUT2D eigenvalue weighted by atomic mass is 9.96. The Kier molecular flexibility index (Phi) is 5.29. The van der Waals surface area contributed by atoms with Gasteiger partial charge in [0, 0.05) is 56.0 Å². The topological polar surface area (TPSA) is 83.9 Å². The van der Waals surface area contributed by atoms with Crippen LogP contribution < -0.4 is 5.56 Å². The summed E-state index contributed by atoms with van der Waals surface area (Å²) >= 11 is 0. The maximum atomic E-state index is 13.0. The van der Waals surface area contributed by atoms with Crippen LogP contribution in [0.2, 0.25) is 0 Å². The molecule has 0 saturated carbocycles. The van der Waals surface area contributed by atoms with Gasteiger partial charge in [0.25, 0.3) is 11.5 Å². The molecule has 1 N–H and O–H groups in total. The van der Waals surface area contributed by atoms with E-state index in [2.05, 4.69) is 19.5 Å². The molecular weight excluding hydrogens is 366 g/mol. The number of nitrogens with one attached hydrogen (secondary N) is 1. The summed E-state index contributed by atoms with van der Waals surface area (Å²) in [5, 5.41) is 0. The first-order chi connectivity index (χ1) is 14.0. The summed E-state index contributed by atoms with van der Waals surface area (Å²) in [6.07, 6.45) is 9.22. The molecule has 4 heterocycles. The quantitative estimate of drug-likeness (QED) is 0.741. The number of piperidine rings is 1. The highest BCUT2D eigenvalue weighted by atomic mass is 16.2. The van der Waals surface area contributed by atoms with Crippen LogP contribution >= 0.6 is 0 Å². The number of hydrogen-bond donors (Lipinski definition) is 1. The molecule has 1 fully saturated rings. The molecule has 1 aliphatic heterocycles. The van der Waals surface area contributed by atoms with Gasteiger partial charge in [-0.25, -0.2) is 4.98 Å². The highest BCUT2D eigenvalue weighted by Gasteiger charge is 2.29. The summed E-state index contributed by atoms with van der Waals surface area (Å²) < 4.78 is 2.14. The zero-order chi connectivity index (χ0) is 20.4. The number of likely N-dealkylation sites (tertiary alicyclic amines) is 1. The van der Waals surface area contributed by atoms with Crippen molar-refractivity contribution >= 4 is 5.91 Å². The monoisotopic (exact) mass is 391 g/mol. The van der Waals surface area contributed by atoms with Crippen molar-refractivity contribution < 1.29 is 4.79 Å². The fraction of sp³-hybridized carbons (Fsp3) is 0.364. The first-order valence-electron chi connectivity index (χ1n) is 9.92. The molecule has 0 aliphatic carbocycles. The molecule has 1 atom stereocenters. The van der Waals surface area contributed by atoms with Gasteiger partial charge in [0.15, 0.2) is 0 Å². The lowest BCUT2D eigenvalue weighted by Gasteiger charge is -2.32. The van der Waals surface area contributed by atoms with Gasteiger partial charge in [0.2, 0.25) is 0 Å². The van der Waals surface area contributed by atoms with Gasteiger partial charge in [0.05, 0.1) is 0 Å². The zero-order valence-corrected chi connectivity index (χ0v) is 16.8. The standard InChI is InChI=1S/C22H25N5O2/c1-15-12-19(21(28)25-16(15)2)22(29)27-10-3-4-18(14-27)20-24-9-11-26(20)13-17-5-7-23-8-6-17/h5-9,11-12,18H,3-4,10,13-14H2,1-2H3,(H,25,28)/t18-/m0/s1. The minimum Gasteiger partial charge on any atom is -0.338 e. The number of amides is 1. The van der Waals surface area contributed by atoms with E-state index in [9.17, 15) is 9.59 Å². The molecule has 0 unspecified atom stereocenters. The van der Waals surface area contributed by atoms with Crippen molar-refractivity contribution in [2.75, 3.05) is 13.1 Å². The van der Waals surface area contributed by atoms with Crippen LogP contribution in [0.5, 0.6) is 0 Å². The van der Waals surface area contributed by atoms with Crippen LogP contribution in [0.3, 0.4) is 0 Å². The van der Waals surface area contributed by atoms with Crippen molar-refractivity contribution in [2.24, 2.45) is 0 Å². The summed E-state index contributed by atoms with van der Waals surface area (Å²) in [5.41, 5.74) is 2.76. The van der Waals surface area contributed by atoms with E-state index >= 15 is 0 Å². The maximum absolute atomic E-state index is 13.0. The van der Waals surface area contributed by atoms with E-state index < -0.39 is 0 Å². The summed E-state index contributed by atoms with van der Waals surface area (Å²) in [7, 11) is 0. The van der Waals surface area contributed by atoms with E-state index in [1.807, 2.05) is 38.4 Å². The molecule has 0 radical (unpaired) electrons. The smallest absolute Gasteiger partial charge is 0.261 e. The number of pyridine rings is 2. The average molecular weight is 391 g/mol. The third kappa shape index (κ3) is 3.99. The number of nitrogens with zero attached hydrogens (tertiary/aromatic N) is 4. The van der Waals surface area contributed by atoms with E-state index in [1.165, 1.54) is 0 Å². The SMILES string of the molecule is Cc1cc(C(=O)N2CCC[C@H](c3nccn3Cc3ccncc3)C2)c(=O)[nH]c1C. The molecule has 0 aromatic carbocycles. The van der Waals surface area contributed by atoms with Crippen molar-refractivity contribution in [3.8, 4) is 0 Å². The van der Waals surface area contributed by atoms with Crippen molar-refractivity contribution in [3.05, 3.63) is 81.5 Å². The molecule has 0 bridgehead atoms. The molecule has 150 valence electrons. The number of imidazole rings is 1. The van der Waals surface area contributed by atoms with Crippen molar-refractivity contribution in [3.63, 3.8) is 0 Å². The Morgan fingerprint density at radius 1 is 1.24 bits per heavy atom. The number of carbonyl (C=O) groups excluding carboxylic acids is 1. The van der Waals surface area contributed by atoms with Crippen LogP contribution in [-0.4, -0.2) is 43.4 Å². The van der Waals surface area contributed by atoms with Gasteiger partial charge >= 0.3 is 0 Å². The third-order valence-corrected chi connectivity index (χ3v) is 5.65. The summed E-state index contributed by atoms with van der Waals surface area (Å²) in [6.45, 7) is 5.69. The number of aryl methyl sites for hydroxylation is 2.